The smallest absolute Gasteiger partial charge is 0.137 e. The Bertz CT molecular complexity index is 344. The standard InChI is InChI=1S/C13H18Br2FN/c1-2-3-8-17(9-7-14)10-11-5-4-6-12(16)13(11)15/h4-6H,2-3,7-10H2,1H3. The molecule has 0 aliphatic rings. The van der Waals surface area contributed by atoms with Crippen LogP contribution in [0.1, 0.15) is 25.3 Å². The molecule has 1 aromatic rings. The zero-order chi connectivity index (χ0) is 12.7. The van der Waals surface area contributed by atoms with Crippen molar-refractivity contribution in [2.75, 3.05) is 18.4 Å². The van der Waals surface area contributed by atoms with Crippen LogP contribution in [-0.4, -0.2) is 23.3 Å². The predicted molar refractivity (Wildman–Crippen MR) is 78.1 cm³/mol. The van der Waals surface area contributed by atoms with Crippen molar-refractivity contribution in [3.8, 4) is 0 Å². The van der Waals surface area contributed by atoms with Gasteiger partial charge >= 0.3 is 0 Å². The lowest BCUT2D eigenvalue weighted by molar-refractivity contribution is 0.277. The van der Waals surface area contributed by atoms with Gasteiger partial charge < -0.3 is 0 Å². The van der Waals surface area contributed by atoms with Crippen LogP contribution in [0.5, 0.6) is 0 Å². The second-order valence-electron chi connectivity index (χ2n) is 4.03. The summed E-state index contributed by atoms with van der Waals surface area (Å²) in [7, 11) is 0. The van der Waals surface area contributed by atoms with Crippen molar-refractivity contribution in [3.63, 3.8) is 0 Å². The zero-order valence-electron chi connectivity index (χ0n) is 10.1. The van der Waals surface area contributed by atoms with Gasteiger partial charge in [0.2, 0.25) is 0 Å². The largest absolute Gasteiger partial charge is 0.298 e. The van der Waals surface area contributed by atoms with Crippen molar-refractivity contribution in [3.05, 3.63) is 34.1 Å². The first kappa shape index (κ1) is 15.1. The van der Waals surface area contributed by atoms with Gasteiger partial charge in [-0.3, -0.25) is 4.90 Å². The van der Waals surface area contributed by atoms with Gasteiger partial charge in [-0.05, 0) is 40.5 Å². The molecular formula is C13H18Br2FN. The fraction of sp³-hybridized carbons (Fsp3) is 0.538. The molecule has 1 aromatic carbocycles. The van der Waals surface area contributed by atoms with Crippen LogP contribution in [0, 0.1) is 5.82 Å². The van der Waals surface area contributed by atoms with Crippen molar-refractivity contribution >= 4 is 31.9 Å². The molecule has 0 amide bonds. The number of hydrogen-bond donors (Lipinski definition) is 0. The molecule has 0 heterocycles. The average Bonchev–Trinajstić information content (AvgIpc) is 2.32. The van der Waals surface area contributed by atoms with Gasteiger partial charge in [0.25, 0.3) is 0 Å². The highest BCUT2D eigenvalue weighted by Gasteiger charge is 2.09. The van der Waals surface area contributed by atoms with Crippen LogP contribution < -0.4 is 0 Å². The molecular weight excluding hydrogens is 349 g/mol. The molecule has 0 N–H and O–H groups in total. The van der Waals surface area contributed by atoms with E-state index in [0.717, 1.165) is 30.5 Å². The topological polar surface area (TPSA) is 3.24 Å². The van der Waals surface area contributed by atoms with Gasteiger partial charge in [0.15, 0.2) is 0 Å². The Morgan fingerprint density at radius 3 is 2.71 bits per heavy atom. The van der Waals surface area contributed by atoms with Crippen molar-refractivity contribution in [2.45, 2.75) is 26.3 Å². The van der Waals surface area contributed by atoms with Crippen molar-refractivity contribution in [1.82, 2.24) is 4.90 Å². The lowest BCUT2D eigenvalue weighted by Gasteiger charge is -2.21. The highest BCUT2D eigenvalue weighted by Crippen LogP contribution is 2.22. The Balaban J connectivity index is 2.67. The van der Waals surface area contributed by atoms with E-state index in [2.05, 4.69) is 43.7 Å². The normalized spacial score (nSPS) is 11.1. The van der Waals surface area contributed by atoms with E-state index in [1.165, 1.54) is 18.9 Å². The number of benzene rings is 1. The van der Waals surface area contributed by atoms with E-state index in [4.69, 9.17) is 0 Å². The molecule has 96 valence electrons. The third kappa shape index (κ3) is 5.06. The van der Waals surface area contributed by atoms with E-state index in [9.17, 15) is 4.39 Å². The number of alkyl halides is 1. The molecule has 0 saturated carbocycles. The summed E-state index contributed by atoms with van der Waals surface area (Å²) in [5.41, 5.74) is 1.02. The number of halogens is 3. The Hall–Kier alpha value is 0.0700. The van der Waals surface area contributed by atoms with Gasteiger partial charge in [-0.2, -0.15) is 0 Å². The third-order valence-corrected chi connectivity index (χ3v) is 3.90. The van der Waals surface area contributed by atoms with Crippen molar-refractivity contribution in [1.29, 1.82) is 0 Å². The van der Waals surface area contributed by atoms with E-state index < -0.39 is 0 Å². The first-order chi connectivity index (χ1) is 8.19. The quantitative estimate of drug-likeness (QED) is 0.638. The van der Waals surface area contributed by atoms with Crippen LogP contribution in [-0.2, 0) is 6.54 Å². The average molecular weight is 367 g/mol. The van der Waals surface area contributed by atoms with Crippen LogP contribution in [0.2, 0.25) is 0 Å². The summed E-state index contributed by atoms with van der Waals surface area (Å²) in [5.74, 6) is -0.184. The minimum absolute atomic E-state index is 0.184. The summed E-state index contributed by atoms with van der Waals surface area (Å²) in [6, 6.07) is 5.22. The summed E-state index contributed by atoms with van der Waals surface area (Å²) in [6.07, 6.45) is 2.36. The molecule has 0 aliphatic carbocycles. The summed E-state index contributed by atoms with van der Waals surface area (Å²) in [5, 5.41) is 0.948. The van der Waals surface area contributed by atoms with E-state index in [-0.39, 0.29) is 5.82 Å². The van der Waals surface area contributed by atoms with E-state index in [0.29, 0.717) is 4.47 Å². The Labute approximate surface area is 120 Å². The molecule has 0 aliphatic heterocycles. The molecule has 0 bridgehead atoms. The molecule has 0 radical (unpaired) electrons. The fourth-order valence-corrected chi connectivity index (χ4v) is 2.57. The fourth-order valence-electron chi connectivity index (χ4n) is 1.68. The van der Waals surface area contributed by atoms with Gasteiger partial charge in [-0.1, -0.05) is 41.4 Å². The Morgan fingerprint density at radius 1 is 1.29 bits per heavy atom. The molecule has 0 fully saturated rings. The summed E-state index contributed by atoms with van der Waals surface area (Å²) < 4.78 is 14.0. The summed E-state index contributed by atoms with van der Waals surface area (Å²) in [6.45, 7) is 5.03. The van der Waals surface area contributed by atoms with E-state index in [1.807, 2.05) is 6.07 Å². The molecule has 1 nitrogen and oxygen atoms in total. The highest BCUT2D eigenvalue weighted by atomic mass is 79.9. The molecule has 17 heavy (non-hydrogen) atoms. The third-order valence-electron chi connectivity index (χ3n) is 2.65. The highest BCUT2D eigenvalue weighted by molar-refractivity contribution is 9.10. The second-order valence-corrected chi connectivity index (χ2v) is 5.62. The SMILES string of the molecule is CCCCN(CCBr)Cc1cccc(F)c1Br. The van der Waals surface area contributed by atoms with Gasteiger partial charge in [-0.15, -0.1) is 0 Å². The number of unbranched alkanes of at least 4 members (excludes halogenated alkanes) is 1. The first-order valence-corrected chi connectivity index (χ1v) is 7.81. The minimum Gasteiger partial charge on any atom is -0.298 e. The van der Waals surface area contributed by atoms with Crippen LogP contribution >= 0.6 is 31.9 Å². The Morgan fingerprint density at radius 2 is 2.06 bits per heavy atom. The van der Waals surface area contributed by atoms with E-state index in [1.54, 1.807) is 6.07 Å². The molecule has 0 saturated heterocycles. The van der Waals surface area contributed by atoms with Gasteiger partial charge in [0.05, 0.1) is 4.47 Å². The lowest BCUT2D eigenvalue weighted by atomic mass is 10.2. The van der Waals surface area contributed by atoms with Crippen molar-refractivity contribution in [2.24, 2.45) is 0 Å². The van der Waals surface area contributed by atoms with Crippen LogP contribution in [0.15, 0.2) is 22.7 Å². The maximum atomic E-state index is 13.4. The zero-order valence-corrected chi connectivity index (χ0v) is 13.2. The van der Waals surface area contributed by atoms with Gasteiger partial charge in [0.1, 0.15) is 5.82 Å². The van der Waals surface area contributed by atoms with Crippen LogP contribution in [0.25, 0.3) is 0 Å². The second kappa shape index (κ2) is 8.22. The maximum absolute atomic E-state index is 13.4. The molecule has 0 spiro atoms. The van der Waals surface area contributed by atoms with Crippen molar-refractivity contribution < 1.29 is 4.39 Å². The Kier molecular flexibility index (Phi) is 7.32. The molecule has 0 atom stereocenters. The van der Waals surface area contributed by atoms with E-state index >= 15 is 0 Å². The molecule has 4 heteroatoms. The first-order valence-electron chi connectivity index (χ1n) is 5.90. The predicted octanol–water partition coefficient (Wildman–Crippen LogP) is 4.59. The lowest BCUT2D eigenvalue weighted by Crippen LogP contribution is -2.26. The molecule has 1 rings (SSSR count). The monoisotopic (exact) mass is 365 g/mol. The van der Waals surface area contributed by atoms with Gasteiger partial charge in [-0.25, -0.2) is 4.39 Å². The summed E-state index contributed by atoms with van der Waals surface area (Å²) in [4.78, 5) is 2.35. The summed E-state index contributed by atoms with van der Waals surface area (Å²) >= 11 is 6.78. The maximum Gasteiger partial charge on any atom is 0.137 e. The molecule has 0 unspecified atom stereocenters. The number of hydrogen-bond acceptors (Lipinski definition) is 1. The van der Waals surface area contributed by atoms with Gasteiger partial charge in [0, 0.05) is 18.4 Å². The molecule has 0 aromatic heterocycles. The number of nitrogens with zero attached hydrogens (tertiary/aromatic N) is 1. The van der Waals surface area contributed by atoms with Crippen LogP contribution in [0.4, 0.5) is 4.39 Å². The van der Waals surface area contributed by atoms with Crippen LogP contribution in [0.3, 0.4) is 0 Å². The number of rotatable bonds is 7. The minimum atomic E-state index is -0.184.